The Balaban J connectivity index is 1.46. The number of fused-ring (bicyclic) bond motifs is 2. The number of benzene rings is 3. The van der Waals surface area contributed by atoms with Crippen LogP contribution >= 0.6 is 11.6 Å². The molecule has 3 aromatic carbocycles. The van der Waals surface area contributed by atoms with E-state index in [0.29, 0.717) is 49.1 Å². The molecule has 5 rings (SSSR count). The summed E-state index contributed by atoms with van der Waals surface area (Å²) in [6.07, 6.45) is -0.589. The summed E-state index contributed by atoms with van der Waals surface area (Å²) in [4.78, 5) is 29.2. The molecule has 2 N–H and O–H groups in total. The van der Waals surface area contributed by atoms with Gasteiger partial charge in [0.15, 0.2) is 6.10 Å². The van der Waals surface area contributed by atoms with Gasteiger partial charge in [-0.05, 0) is 68.3 Å². The number of anilines is 1. The maximum atomic E-state index is 13.4. The first-order valence-corrected chi connectivity index (χ1v) is 13.4. The van der Waals surface area contributed by atoms with E-state index in [-0.39, 0.29) is 17.9 Å². The number of nitrogens with zero attached hydrogens (tertiary/aromatic N) is 2. The molecule has 1 atom stereocenters. The van der Waals surface area contributed by atoms with Crippen molar-refractivity contribution in [2.75, 3.05) is 31.1 Å². The van der Waals surface area contributed by atoms with Crippen molar-refractivity contribution in [2.24, 2.45) is 11.7 Å². The minimum absolute atomic E-state index is 0.120. The van der Waals surface area contributed by atoms with E-state index in [4.69, 9.17) is 26.8 Å². The molecule has 2 amide bonds. The summed E-state index contributed by atoms with van der Waals surface area (Å²) in [5, 5.41) is 2.77. The number of hydrogen-bond donors (Lipinski definition) is 1. The number of nitrogens with two attached hydrogens (primary N) is 1. The molecule has 2 aliphatic rings. The van der Waals surface area contributed by atoms with Gasteiger partial charge in [-0.3, -0.25) is 4.79 Å². The largest absolute Gasteiger partial charge is 0.478 e. The Kier molecular flexibility index (Phi) is 7.01. The normalized spacial score (nSPS) is 17.7. The maximum absolute atomic E-state index is 13.4. The highest BCUT2D eigenvalue weighted by atomic mass is 35.5. The number of aryl methyl sites for hydroxylation is 1. The topological polar surface area (TPSA) is 85.1 Å². The molecule has 0 aromatic heterocycles. The zero-order valence-corrected chi connectivity index (χ0v) is 23.0. The predicted octanol–water partition coefficient (Wildman–Crippen LogP) is 5.78. The average molecular weight is 536 g/mol. The van der Waals surface area contributed by atoms with Crippen molar-refractivity contribution in [2.45, 2.75) is 45.8 Å². The van der Waals surface area contributed by atoms with Gasteiger partial charge in [0.25, 0.3) is 5.91 Å². The first kappa shape index (κ1) is 26.3. The van der Waals surface area contributed by atoms with E-state index in [1.807, 2.05) is 45.0 Å². The molecule has 2 heterocycles. The van der Waals surface area contributed by atoms with Crippen molar-refractivity contribution in [1.82, 2.24) is 4.90 Å². The van der Waals surface area contributed by atoms with Gasteiger partial charge >= 0.3 is 6.09 Å². The summed E-state index contributed by atoms with van der Waals surface area (Å²) in [7, 11) is 0. The molecule has 38 heavy (non-hydrogen) atoms. The summed E-state index contributed by atoms with van der Waals surface area (Å²) in [6.45, 7) is 9.45. The number of carbonyl (C=O) groups excluding carboxylic acids is 2. The molecule has 0 aliphatic carbocycles. The first-order valence-electron chi connectivity index (χ1n) is 13.0. The van der Waals surface area contributed by atoms with Crippen LogP contribution in [0, 0.1) is 12.8 Å². The molecule has 0 spiro atoms. The van der Waals surface area contributed by atoms with Crippen LogP contribution in [0.15, 0.2) is 48.5 Å². The monoisotopic (exact) mass is 535 g/mol. The van der Waals surface area contributed by atoms with Gasteiger partial charge < -0.3 is 25.0 Å². The molecule has 1 saturated heterocycles. The van der Waals surface area contributed by atoms with Gasteiger partial charge in [-0.1, -0.05) is 48.0 Å². The van der Waals surface area contributed by atoms with Crippen LogP contribution < -0.4 is 15.4 Å². The standard InChI is InChI=1S/C30H34ClN3O4/c1-18-11-20-7-5-6-8-21(20)22(12-18)23-13-27-25(14-24(23)31)34(28(35)26(37-27)9-10-32)17-19-15-33(16-19)29(36)38-30(2,3)4/h5-8,11-14,19,26H,9-10,15-17,32H2,1-4H3/t26-/m1/s1. The quantitative estimate of drug-likeness (QED) is 0.448. The Morgan fingerprint density at radius 1 is 1.13 bits per heavy atom. The minimum atomic E-state index is -0.669. The van der Waals surface area contributed by atoms with Gasteiger partial charge in [0.05, 0.1) is 10.7 Å². The second kappa shape index (κ2) is 10.1. The van der Waals surface area contributed by atoms with Crippen molar-refractivity contribution in [3.8, 4) is 16.9 Å². The molecule has 200 valence electrons. The third-order valence-electron chi connectivity index (χ3n) is 6.92. The summed E-state index contributed by atoms with van der Waals surface area (Å²) in [6, 6.07) is 16.2. The van der Waals surface area contributed by atoms with E-state index < -0.39 is 11.7 Å². The fourth-order valence-electron chi connectivity index (χ4n) is 5.18. The minimum Gasteiger partial charge on any atom is -0.478 e. The number of halogens is 1. The second-order valence-corrected chi connectivity index (χ2v) is 11.6. The molecular formula is C30H34ClN3O4. The average Bonchev–Trinajstić information content (AvgIpc) is 2.81. The Labute approximate surface area is 228 Å². The molecule has 1 fully saturated rings. The fraction of sp³-hybridized carbons (Fsp3) is 0.400. The van der Waals surface area contributed by atoms with E-state index in [0.717, 1.165) is 27.5 Å². The predicted molar refractivity (Wildman–Crippen MR) is 151 cm³/mol. The van der Waals surface area contributed by atoms with Gasteiger partial charge in [-0.15, -0.1) is 0 Å². The van der Waals surface area contributed by atoms with Gasteiger partial charge in [-0.25, -0.2) is 4.79 Å². The fourth-order valence-corrected chi connectivity index (χ4v) is 5.44. The first-order chi connectivity index (χ1) is 18.0. The van der Waals surface area contributed by atoms with Crippen LogP contribution in [0.2, 0.25) is 5.02 Å². The molecule has 0 radical (unpaired) electrons. The van der Waals surface area contributed by atoms with Crippen LogP contribution in [0.1, 0.15) is 32.8 Å². The Bertz CT molecular complexity index is 1390. The lowest BCUT2D eigenvalue weighted by Gasteiger charge is -2.43. The van der Waals surface area contributed by atoms with E-state index in [9.17, 15) is 9.59 Å². The highest BCUT2D eigenvalue weighted by Gasteiger charge is 2.40. The zero-order valence-electron chi connectivity index (χ0n) is 22.3. The summed E-state index contributed by atoms with van der Waals surface area (Å²) >= 11 is 6.89. The summed E-state index contributed by atoms with van der Waals surface area (Å²) in [5.74, 6) is 0.593. The van der Waals surface area contributed by atoms with E-state index in [2.05, 4.69) is 31.2 Å². The molecular weight excluding hydrogens is 502 g/mol. The van der Waals surface area contributed by atoms with E-state index >= 15 is 0 Å². The van der Waals surface area contributed by atoms with Crippen LogP contribution in [0.3, 0.4) is 0 Å². The van der Waals surface area contributed by atoms with Gasteiger partial charge in [0, 0.05) is 37.5 Å². The van der Waals surface area contributed by atoms with Crippen LogP contribution in [0.4, 0.5) is 10.5 Å². The molecule has 2 aliphatic heterocycles. The number of rotatable bonds is 5. The Morgan fingerprint density at radius 3 is 2.58 bits per heavy atom. The van der Waals surface area contributed by atoms with Crippen LogP contribution in [-0.2, 0) is 9.53 Å². The van der Waals surface area contributed by atoms with Crippen molar-refractivity contribution < 1.29 is 19.1 Å². The van der Waals surface area contributed by atoms with E-state index in [1.165, 1.54) is 0 Å². The molecule has 7 nitrogen and oxygen atoms in total. The number of likely N-dealkylation sites (tertiary alicyclic amines) is 1. The third-order valence-corrected chi connectivity index (χ3v) is 7.24. The van der Waals surface area contributed by atoms with Gasteiger partial charge in [-0.2, -0.15) is 0 Å². The van der Waals surface area contributed by atoms with Crippen molar-refractivity contribution in [3.63, 3.8) is 0 Å². The van der Waals surface area contributed by atoms with Gasteiger partial charge in [0.1, 0.15) is 11.4 Å². The lowest BCUT2D eigenvalue weighted by atomic mass is 9.94. The van der Waals surface area contributed by atoms with E-state index in [1.54, 1.807) is 9.80 Å². The van der Waals surface area contributed by atoms with Crippen LogP contribution in [0.5, 0.6) is 5.75 Å². The summed E-state index contributed by atoms with van der Waals surface area (Å²) < 4.78 is 11.7. The smallest absolute Gasteiger partial charge is 0.410 e. The van der Waals surface area contributed by atoms with Crippen LogP contribution in [0.25, 0.3) is 21.9 Å². The van der Waals surface area contributed by atoms with Gasteiger partial charge in [0.2, 0.25) is 0 Å². The lowest BCUT2D eigenvalue weighted by Crippen LogP contribution is -2.57. The van der Waals surface area contributed by atoms with Crippen LogP contribution in [-0.4, -0.2) is 54.8 Å². The zero-order chi connectivity index (χ0) is 27.2. The van der Waals surface area contributed by atoms with Crippen molar-refractivity contribution >= 4 is 40.1 Å². The highest BCUT2D eigenvalue weighted by Crippen LogP contribution is 2.44. The Hall–Kier alpha value is -3.29. The maximum Gasteiger partial charge on any atom is 0.410 e. The second-order valence-electron chi connectivity index (χ2n) is 11.2. The SMILES string of the molecule is Cc1cc(-c2cc3c(cc2Cl)N(CC2CN(C(=O)OC(C)(C)C)C2)C(=O)[C@@H](CCN)O3)c2ccccc2c1. The third kappa shape index (κ3) is 5.18. The highest BCUT2D eigenvalue weighted by molar-refractivity contribution is 6.34. The number of hydrogen-bond acceptors (Lipinski definition) is 5. The molecule has 0 unspecified atom stereocenters. The molecule has 0 bridgehead atoms. The van der Waals surface area contributed by atoms with Crippen molar-refractivity contribution in [3.05, 3.63) is 59.1 Å². The number of ether oxygens (including phenoxy) is 2. The number of carbonyl (C=O) groups is 2. The molecule has 8 heteroatoms. The molecule has 0 saturated carbocycles. The molecule has 3 aromatic rings. The Morgan fingerprint density at radius 2 is 1.87 bits per heavy atom. The summed E-state index contributed by atoms with van der Waals surface area (Å²) in [5.41, 5.74) is 8.92. The lowest BCUT2D eigenvalue weighted by molar-refractivity contribution is -0.126. The van der Waals surface area contributed by atoms with Crippen molar-refractivity contribution in [1.29, 1.82) is 0 Å². The number of amides is 2.